The predicted octanol–water partition coefficient (Wildman–Crippen LogP) is 3.93. The summed E-state index contributed by atoms with van der Waals surface area (Å²) in [5, 5.41) is 5.94. The van der Waals surface area contributed by atoms with Gasteiger partial charge >= 0.3 is 0 Å². The van der Waals surface area contributed by atoms with Gasteiger partial charge in [-0.1, -0.05) is 6.07 Å². The van der Waals surface area contributed by atoms with Gasteiger partial charge in [-0.25, -0.2) is 0 Å². The van der Waals surface area contributed by atoms with Crippen molar-refractivity contribution in [2.75, 3.05) is 18.6 Å². The lowest BCUT2D eigenvalue weighted by Crippen LogP contribution is -2.23. The number of hydrogen-bond donors (Lipinski definition) is 1. The van der Waals surface area contributed by atoms with Crippen molar-refractivity contribution < 1.29 is 0 Å². The Morgan fingerprint density at radius 3 is 3.00 bits per heavy atom. The Kier molecular flexibility index (Phi) is 5.20. The Morgan fingerprint density at radius 2 is 2.38 bits per heavy atom. The lowest BCUT2D eigenvalue weighted by molar-refractivity contribution is 0.480. The summed E-state index contributed by atoms with van der Waals surface area (Å²) in [7, 11) is 0. The van der Waals surface area contributed by atoms with Gasteiger partial charge < -0.3 is 5.32 Å². The molecule has 1 aromatic heterocycles. The summed E-state index contributed by atoms with van der Waals surface area (Å²) in [6, 6.07) is 5.10. The molecule has 0 aliphatic heterocycles. The van der Waals surface area contributed by atoms with E-state index in [0.29, 0.717) is 6.04 Å². The Labute approximate surface area is 107 Å². The van der Waals surface area contributed by atoms with Crippen LogP contribution in [0, 0.1) is 5.92 Å². The molecule has 0 amide bonds. The number of thioether (sulfide) groups is 1. The van der Waals surface area contributed by atoms with Crippen LogP contribution in [0.4, 0.5) is 0 Å². The molecule has 3 heteroatoms. The van der Waals surface area contributed by atoms with Crippen LogP contribution in [-0.2, 0) is 0 Å². The highest BCUT2D eigenvalue weighted by molar-refractivity contribution is 7.98. The summed E-state index contributed by atoms with van der Waals surface area (Å²) < 4.78 is 0. The SMILES string of the molecule is CSCCCCNC(c1cccs1)C1CC1. The molecule has 1 unspecified atom stereocenters. The number of rotatable bonds is 8. The first-order valence-electron chi connectivity index (χ1n) is 6.17. The summed E-state index contributed by atoms with van der Waals surface area (Å²) in [5.74, 6) is 2.22. The molecule has 1 fully saturated rings. The molecular weight excluding hydrogens is 234 g/mol. The summed E-state index contributed by atoms with van der Waals surface area (Å²) in [6.07, 6.45) is 7.68. The van der Waals surface area contributed by atoms with Gasteiger partial charge in [0.25, 0.3) is 0 Å². The third kappa shape index (κ3) is 3.79. The first-order valence-corrected chi connectivity index (χ1v) is 8.45. The van der Waals surface area contributed by atoms with Gasteiger partial charge in [0, 0.05) is 10.9 Å². The normalized spacial score (nSPS) is 17.6. The fourth-order valence-electron chi connectivity index (χ4n) is 2.03. The standard InChI is InChI=1S/C13H21NS2/c1-15-9-3-2-8-14-13(11-6-7-11)12-5-4-10-16-12/h4-5,10-11,13-14H,2-3,6-9H2,1H3. The Bertz CT molecular complexity index is 280. The van der Waals surface area contributed by atoms with E-state index in [9.17, 15) is 0 Å². The van der Waals surface area contributed by atoms with Gasteiger partial charge in [-0.2, -0.15) is 11.8 Å². The minimum atomic E-state index is 0.647. The molecule has 0 aromatic carbocycles. The summed E-state index contributed by atoms with van der Waals surface area (Å²) in [6.45, 7) is 1.18. The van der Waals surface area contributed by atoms with E-state index in [0.717, 1.165) is 5.92 Å². The molecule has 1 N–H and O–H groups in total. The van der Waals surface area contributed by atoms with Crippen LogP contribution in [0.15, 0.2) is 17.5 Å². The van der Waals surface area contributed by atoms with Crippen LogP contribution >= 0.6 is 23.1 Å². The molecule has 0 bridgehead atoms. The fraction of sp³-hybridized carbons (Fsp3) is 0.692. The molecule has 1 nitrogen and oxygen atoms in total. The van der Waals surface area contributed by atoms with Crippen molar-refractivity contribution in [2.45, 2.75) is 31.7 Å². The highest BCUT2D eigenvalue weighted by Gasteiger charge is 2.32. The Morgan fingerprint density at radius 1 is 1.50 bits per heavy atom. The molecule has 1 aliphatic carbocycles. The quantitative estimate of drug-likeness (QED) is 0.706. The maximum absolute atomic E-state index is 3.74. The van der Waals surface area contributed by atoms with Crippen molar-refractivity contribution in [2.24, 2.45) is 5.92 Å². The third-order valence-corrected chi connectivity index (χ3v) is 4.73. The van der Waals surface area contributed by atoms with Crippen LogP contribution < -0.4 is 5.32 Å². The topological polar surface area (TPSA) is 12.0 Å². The second-order valence-corrected chi connectivity index (χ2v) is 6.45. The fourth-order valence-corrected chi connectivity index (χ4v) is 3.41. The smallest absolute Gasteiger partial charge is 0.0443 e. The lowest BCUT2D eigenvalue weighted by atomic mass is 10.1. The summed E-state index contributed by atoms with van der Waals surface area (Å²) in [4.78, 5) is 1.53. The first-order chi connectivity index (χ1) is 7.92. The predicted molar refractivity (Wildman–Crippen MR) is 75.4 cm³/mol. The van der Waals surface area contributed by atoms with Crippen molar-refractivity contribution in [1.29, 1.82) is 0 Å². The van der Waals surface area contributed by atoms with Crippen molar-refractivity contribution in [3.05, 3.63) is 22.4 Å². The van der Waals surface area contributed by atoms with E-state index >= 15 is 0 Å². The molecule has 1 heterocycles. The maximum Gasteiger partial charge on any atom is 0.0443 e. The van der Waals surface area contributed by atoms with E-state index in [-0.39, 0.29) is 0 Å². The van der Waals surface area contributed by atoms with Crippen molar-refractivity contribution >= 4 is 23.1 Å². The second kappa shape index (κ2) is 6.67. The van der Waals surface area contributed by atoms with Gasteiger partial charge in [-0.15, -0.1) is 11.3 Å². The minimum absolute atomic E-state index is 0.647. The van der Waals surface area contributed by atoms with Gasteiger partial charge in [-0.3, -0.25) is 0 Å². The van der Waals surface area contributed by atoms with E-state index < -0.39 is 0 Å². The highest BCUT2D eigenvalue weighted by atomic mass is 32.2. The minimum Gasteiger partial charge on any atom is -0.309 e. The molecule has 2 rings (SSSR count). The number of hydrogen-bond acceptors (Lipinski definition) is 3. The molecular formula is C13H21NS2. The molecule has 0 radical (unpaired) electrons. The molecule has 16 heavy (non-hydrogen) atoms. The van der Waals surface area contributed by atoms with E-state index in [2.05, 4.69) is 29.1 Å². The average molecular weight is 255 g/mol. The van der Waals surface area contributed by atoms with Gasteiger partial charge in [-0.05, 0) is 61.6 Å². The summed E-state index contributed by atoms with van der Waals surface area (Å²) >= 11 is 3.85. The molecule has 90 valence electrons. The average Bonchev–Trinajstić information content (AvgIpc) is 2.98. The van der Waals surface area contributed by atoms with Crippen LogP contribution in [0.3, 0.4) is 0 Å². The number of nitrogens with one attached hydrogen (secondary N) is 1. The Hall–Kier alpha value is 0.01000. The monoisotopic (exact) mass is 255 g/mol. The van der Waals surface area contributed by atoms with Gasteiger partial charge in [0.15, 0.2) is 0 Å². The largest absolute Gasteiger partial charge is 0.309 e. The van der Waals surface area contributed by atoms with Crippen LogP contribution in [0.5, 0.6) is 0 Å². The molecule has 0 saturated heterocycles. The third-order valence-electron chi connectivity index (χ3n) is 3.08. The first kappa shape index (κ1) is 12.5. The van der Waals surface area contributed by atoms with Gasteiger partial charge in [0.1, 0.15) is 0 Å². The zero-order valence-corrected chi connectivity index (χ0v) is 11.6. The van der Waals surface area contributed by atoms with Gasteiger partial charge in [0.05, 0.1) is 0 Å². The van der Waals surface area contributed by atoms with Crippen LogP contribution in [0.2, 0.25) is 0 Å². The van der Waals surface area contributed by atoms with Crippen molar-refractivity contribution in [3.63, 3.8) is 0 Å². The van der Waals surface area contributed by atoms with Crippen LogP contribution in [0.1, 0.15) is 36.6 Å². The van der Waals surface area contributed by atoms with Crippen molar-refractivity contribution in [3.8, 4) is 0 Å². The van der Waals surface area contributed by atoms with Gasteiger partial charge in [0.2, 0.25) is 0 Å². The van der Waals surface area contributed by atoms with E-state index in [1.54, 1.807) is 0 Å². The Balaban J connectivity index is 1.72. The number of thiophene rings is 1. The molecule has 1 aromatic rings. The van der Waals surface area contributed by atoms with Crippen LogP contribution in [-0.4, -0.2) is 18.6 Å². The summed E-state index contributed by atoms with van der Waals surface area (Å²) in [5.41, 5.74) is 0. The van der Waals surface area contributed by atoms with E-state index in [4.69, 9.17) is 0 Å². The van der Waals surface area contributed by atoms with E-state index in [1.165, 1.54) is 42.9 Å². The maximum atomic E-state index is 3.74. The molecule has 1 aliphatic rings. The second-order valence-electron chi connectivity index (χ2n) is 4.48. The molecule has 1 saturated carbocycles. The van der Waals surface area contributed by atoms with E-state index in [1.807, 2.05) is 23.1 Å². The zero-order valence-electron chi connectivity index (χ0n) is 9.95. The number of unbranched alkanes of at least 4 members (excludes halogenated alkanes) is 1. The van der Waals surface area contributed by atoms with Crippen LogP contribution in [0.25, 0.3) is 0 Å². The molecule has 0 spiro atoms. The van der Waals surface area contributed by atoms with Crippen molar-refractivity contribution in [1.82, 2.24) is 5.32 Å². The lowest BCUT2D eigenvalue weighted by Gasteiger charge is -2.16. The molecule has 1 atom stereocenters. The highest BCUT2D eigenvalue weighted by Crippen LogP contribution is 2.42. The zero-order chi connectivity index (χ0) is 11.2.